The number of carbonyl (C=O) groups is 1. The second-order valence-corrected chi connectivity index (χ2v) is 10.2. The molecule has 3 N–H and O–H groups in total. The number of halogens is 1. The quantitative estimate of drug-likeness (QED) is 0.217. The second-order valence-electron chi connectivity index (χ2n) is 9.81. The van der Waals surface area contributed by atoms with E-state index in [-0.39, 0.29) is 11.9 Å². The molecule has 3 atom stereocenters. The Hall–Kier alpha value is -3.89. The Kier molecular flexibility index (Phi) is 9.21. The minimum atomic E-state index is -0.797. The third-order valence-electron chi connectivity index (χ3n) is 6.75. The Balaban J connectivity index is 1.43. The summed E-state index contributed by atoms with van der Waals surface area (Å²) in [6.45, 7) is 6.37. The van der Waals surface area contributed by atoms with Gasteiger partial charge in [-0.3, -0.25) is 4.79 Å². The van der Waals surface area contributed by atoms with Crippen molar-refractivity contribution in [2.45, 2.75) is 51.9 Å². The summed E-state index contributed by atoms with van der Waals surface area (Å²) in [6, 6.07) is 26.2. The highest BCUT2D eigenvalue weighted by Crippen LogP contribution is 2.27. The molecule has 1 aromatic heterocycles. The van der Waals surface area contributed by atoms with Crippen molar-refractivity contribution in [1.82, 2.24) is 10.6 Å². The van der Waals surface area contributed by atoms with Crippen molar-refractivity contribution in [3.05, 3.63) is 117 Å². The molecule has 0 saturated heterocycles. The third-order valence-corrected chi connectivity index (χ3v) is 7.08. The molecule has 0 spiro atoms. The van der Waals surface area contributed by atoms with Gasteiger partial charge < -0.3 is 20.2 Å². The maximum absolute atomic E-state index is 13.2. The number of nitriles is 1. The lowest BCUT2D eigenvalue weighted by molar-refractivity contribution is 0.0859. The number of nitrogens with zero attached hydrogens (tertiary/aromatic N) is 1. The third kappa shape index (κ3) is 7.36. The van der Waals surface area contributed by atoms with Gasteiger partial charge >= 0.3 is 0 Å². The first-order valence-electron chi connectivity index (χ1n) is 12.9. The van der Waals surface area contributed by atoms with Crippen LogP contribution in [0.25, 0.3) is 11.3 Å². The van der Waals surface area contributed by atoms with Crippen LogP contribution in [0.15, 0.2) is 83.3 Å². The highest BCUT2D eigenvalue weighted by atomic mass is 35.5. The fourth-order valence-corrected chi connectivity index (χ4v) is 4.47. The van der Waals surface area contributed by atoms with Crippen LogP contribution in [0.4, 0.5) is 0 Å². The molecule has 0 unspecified atom stereocenters. The van der Waals surface area contributed by atoms with Crippen LogP contribution in [0, 0.1) is 18.3 Å². The Morgan fingerprint density at radius 1 is 1.03 bits per heavy atom. The van der Waals surface area contributed by atoms with Crippen molar-refractivity contribution in [1.29, 1.82) is 5.26 Å². The summed E-state index contributed by atoms with van der Waals surface area (Å²) in [5, 5.41) is 26.0. The van der Waals surface area contributed by atoms with Gasteiger partial charge in [-0.25, -0.2) is 0 Å². The van der Waals surface area contributed by atoms with Crippen molar-refractivity contribution in [3.8, 4) is 17.4 Å². The van der Waals surface area contributed by atoms with Gasteiger partial charge in [-0.05, 0) is 80.8 Å². The van der Waals surface area contributed by atoms with Crippen LogP contribution in [0.3, 0.4) is 0 Å². The highest BCUT2D eigenvalue weighted by molar-refractivity contribution is 6.34. The molecule has 3 aromatic carbocycles. The lowest BCUT2D eigenvalue weighted by Gasteiger charge is -2.22. The van der Waals surface area contributed by atoms with E-state index >= 15 is 0 Å². The molecule has 1 heterocycles. The van der Waals surface area contributed by atoms with Gasteiger partial charge in [-0.1, -0.05) is 53.6 Å². The molecule has 200 valence electrons. The molecule has 0 aliphatic carbocycles. The van der Waals surface area contributed by atoms with Gasteiger partial charge in [0.15, 0.2) is 0 Å². The molecule has 7 heteroatoms. The van der Waals surface area contributed by atoms with Crippen LogP contribution >= 0.6 is 11.6 Å². The number of furan rings is 1. The number of aryl methyl sites for hydroxylation is 1. The lowest BCUT2D eigenvalue weighted by Crippen LogP contribution is -2.43. The predicted molar refractivity (Wildman–Crippen MR) is 153 cm³/mol. The molecule has 0 saturated carbocycles. The van der Waals surface area contributed by atoms with E-state index in [1.165, 1.54) is 11.1 Å². The fraction of sp³-hybridized carbons (Fsp3) is 0.250. The SMILES string of the molecule is Cc1ccc([C@@H](C)NCc2ccc(-c3ccc(Cl)c(C(=O)N[C@H](Cc4ccc(C#N)cc4)[C@H](C)O)c3)o2)cc1. The lowest BCUT2D eigenvalue weighted by atomic mass is 10.00. The first kappa shape index (κ1) is 28.1. The molecule has 0 fully saturated rings. The van der Waals surface area contributed by atoms with Gasteiger partial charge in [0.2, 0.25) is 0 Å². The van der Waals surface area contributed by atoms with Gasteiger partial charge in [-0.2, -0.15) is 5.26 Å². The standard InChI is InChI=1S/C32H32ClN3O3/c1-20-4-10-25(11-5-20)21(2)35-19-27-13-15-31(39-27)26-12-14-29(33)28(17-26)32(38)36-30(22(3)37)16-23-6-8-24(18-34)9-7-23/h4-15,17,21-22,30,35,37H,16,19H2,1-3H3,(H,36,38)/t21-,22+,30-/m1/s1. The molecular formula is C32H32ClN3O3. The van der Waals surface area contributed by atoms with Crippen LogP contribution in [0.2, 0.25) is 5.02 Å². The maximum atomic E-state index is 13.2. The van der Waals surface area contributed by atoms with Crippen molar-refractivity contribution in [2.24, 2.45) is 0 Å². The van der Waals surface area contributed by atoms with Gasteiger partial charge in [0.1, 0.15) is 11.5 Å². The van der Waals surface area contributed by atoms with E-state index in [0.717, 1.165) is 16.9 Å². The number of aliphatic hydroxyl groups excluding tert-OH is 1. The van der Waals surface area contributed by atoms with Gasteiger partial charge in [-0.15, -0.1) is 0 Å². The zero-order chi connectivity index (χ0) is 27.9. The fourth-order valence-electron chi connectivity index (χ4n) is 4.26. The maximum Gasteiger partial charge on any atom is 0.253 e. The highest BCUT2D eigenvalue weighted by Gasteiger charge is 2.21. The van der Waals surface area contributed by atoms with Gasteiger partial charge in [0.25, 0.3) is 5.91 Å². The molecule has 4 rings (SSSR count). The molecule has 39 heavy (non-hydrogen) atoms. The first-order chi connectivity index (χ1) is 18.7. The average molecular weight is 542 g/mol. The number of aliphatic hydroxyl groups is 1. The Morgan fingerprint density at radius 3 is 2.41 bits per heavy atom. The number of hydrogen-bond donors (Lipinski definition) is 3. The minimum absolute atomic E-state index is 0.163. The number of carbonyl (C=O) groups excluding carboxylic acids is 1. The summed E-state index contributed by atoms with van der Waals surface area (Å²) in [5.74, 6) is 1.02. The normalized spacial score (nSPS) is 13.3. The molecule has 0 aliphatic heterocycles. The Labute approximate surface area is 234 Å². The zero-order valence-electron chi connectivity index (χ0n) is 22.2. The summed E-state index contributed by atoms with van der Waals surface area (Å²) >= 11 is 6.40. The second kappa shape index (κ2) is 12.8. The largest absolute Gasteiger partial charge is 0.460 e. The van der Waals surface area contributed by atoms with Crippen molar-refractivity contribution >= 4 is 17.5 Å². The smallest absolute Gasteiger partial charge is 0.253 e. The van der Waals surface area contributed by atoms with Crippen molar-refractivity contribution in [3.63, 3.8) is 0 Å². The monoisotopic (exact) mass is 541 g/mol. The zero-order valence-corrected chi connectivity index (χ0v) is 23.0. The number of amides is 1. The summed E-state index contributed by atoms with van der Waals surface area (Å²) in [7, 11) is 0. The van der Waals surface area contributed by atoms with Crippen LogP contribution in [-0.4, -0.2) is 23.2 Å². The molecule has 0 radical (unpaired) electrons. The van der Waals surface area contributed by atoms with E-state index in [4.69, 9.17) is 21.3 Å². The topological polar surface area (TPSA) is 98.3 Å². The molecule has 0 aliphatic rings. The van der Waals surface area contributed by atoms with E-state index in [9.17, 15) is 9.90 Å². The number of benzene rings is 3. The van der Waals surface area contributed by atoms with E-state index in [1.54, 1.807) is 31.2 Å². The summed E-state index contributed by atoms with van der Waals surface area (Å²) in [6.07, 6.45) is -0.392. The molecule has 6 nitrogen and oxygen atoms in total. The van der Waals surface area contributed by atoms with Crippen LogP contribution in [0.1, 0.15) is 58.3 Å². The van der Waals surface area contributed by atoms with Crippen LogP contribution in [0.5, 0.6) is 0 Å². The summed E-state index contributed by atoms with van der Waals surface area (Å²) in [4.78, 5) is 13.2. The average Bonchev–Trinajstić information content (AvgIpc) is 3.41. The first-order valence-corrected chi connectivity index (χ1v) is 13.3. The summed E-state index contributed by atoms with van der Waals surface area (Å²) in [5.41, 5.74) is 4.90. The molecule has 0 bridgehead atoms. The predicted octanol–water partition coefficient (Wildman–Crippen LogP) is 6.35. The number of hydrogen-bond acceptors (Lipinski definition) is 5. The molecule has 1 amide bonds. The van der Waals surface area contributed by atoms with Crippen molar-refractivity contribution < 1.29 is 14.3 Å². The number of rotatable bonds is 10. The molecule has 4 aromatic rings. The van der Waals surface area contributed by atoms with E-state index < -0.39 is 12.1 Å². The molecular weight excluding hydrogens is 510 g/mol. The van der Waals surface area contributed by atoms with E-state index in [1.807, 2.05) is 30.3 Å². The van der Waals surface area contributed by atoms with Crippen LogP contribution in [-0.2, 0) is 13.0 Å². The Bertz CT molecular complexity index is 1450. The van der Waals surface area contributed by atoms with Crippen molar-refractivity contribution in [2.75, 3.05) is 0 Å². The van der Waals surface area contributed by atoms with Gasteiger partial charge in [0.05, 0.1) is 40.9 Å². The number of nitrogens with one attached hydrogen (secondary N) is 2. The van der Waals surface area contributed by atoms with Gasteiger partial charge in [0, 0.05) is 11.6 Å². The van der Waals surface area contributed by atoms with E-state index in [0.29, 0.717) is 34.9 Å². The summed E-state index contributed by atoms with van der Waals surface area (Å²) < 4.78 is 6.07. The Morgan fingerprint density at radius 2 is 1.74 bits per heavy atom. The minimum Gasteiger partial charge on any atom is -0.460 e. The van der Waals surface area contributed by atoms with E-state index in [2.05, 4.69) is 54.8 Å². The van der Waals surface area contributed by atoms with Crippen LogP contribution < -0.4 is 10.6 Å².